The molecule has 0 aliphatic heterocycles. The van der Waals surface area contributed by atoms with Crippen LogP contribution in [0.3, 0.4) is 0 Å². The summed E-state index contributed by atoms with van der Waals surface area (Å²) in [6, 6.07) is 19.0. The molecule has 0 bridgehead atoms. The van der Waals surface area contributed by atoms with Crippen LogP contribution in [0, 0.1) is 12.7 Å². The van der Waals surface area contributed by atoms with Crippen molar-refractivity contribution in [3.05, 3.63) is 83.7 Å². The smallest absolute Gasteiger partial charge is 0.196 e. The zero-order chi connectivity index (χ0) is 23.4. The number of benzene rings is 3. The quantitative estimate of drug-likeness (QED) is 0.258. The van der Waals surface area contributed by atoms with Gasteiger partial charge in [0.15, 0.2) is 16.8 Å². The second kappa shape index (κ2) is 9.87. The SMILES string of the molecule is COc1ccc(OC)c(C(=O)CSc2nnc(-c3ccc(F)cc3)n2-c2ccccc2C)c1. The van der Waals surface area contributed by atoms with Crippen LogP contribution < -0.4 is 9.47 Å². The van der Waals surface area contributed by atoms with Gasteiger partial charge >= 0.3 is 0 Å². The van der Waals surface area contributed by atoms with Gasteiger partial charge in [0.2, 0.25) is 0 Å². The Labute approximate surface area is 195 Å². The fourth-order valence-electron chi connectivity index (χ4n) is 3.42. The van der Waals surface area contributed by atoms with Crippen LogP contribution in [-0.4, -0.2) is 40.5 Å². The van der Waals surface area contributed by atoms with Gasteiger partial charge < -0.3 is 9.47 Å². The minimum atomic E-state index is -0.326. The number of hydrogen-bond donors (Lipinski definition) is 0. The van der Waals surface area contributed by atoms with Crippen LogP contribution in [0.15, 0.2) is 71.9 Å². The molecule has 1 aromatic heterocycles. The van der Waals surface area contributed by atoms with Crippen molar-refractivity contribution in [1.82, 2.24) is 14.8 Å². The lowest BCUT2D eigenvalue weighted by atomic mass is 10.1. The van der Waals surface area contributed by atoms with Gasteiger partial charge in [-0.25, -0.2) is 4.39 Å². The van der Waals surface area contributed by atoms with Gasteiger partial charge in [-0.1, -0.05) is 30.0 Å². The zero-order valence-electron chi connectivity index (χ0n) is 18.4. The van der Waals surface area contributed by atoms with Crippen LogP contribution in [-0.2, 0) is 0 Å². The first kappa shape index (κ1) is 22.5. The minimum absolute atomic E-state index is 0.122. The standard InChI is InChI=1S/C25H22FN3O3S/c1-16-6-4-5-7-21(16)29-24(17-8-10-18(26)11-9-17)27-28-25(29)33-15-22(30)20-14-19(31-2)12-13-23(20)32-3/h4-14H,15H2,1-3H3. The average Bonchev–Trinajstić information content (AvgIpc) is 3.26. The van der Waals surface area contributed by atoms with Crippen molar-refractivity contribution >= 4 is 17.5 Å². The number of nitrogens with zero attached hydrogens (tertiary/aromatic N) is 3. The summed E-state index contributed by atoms with van der Waals surface area (Å²) in [5.41, 5.74) is 3.06. The number of hydrogen-bond acceptors (Lipinski definition) is 6. The van der Waals surface area contributed by atoms with Crippen molar-refractivity contribution in [2.75, 3.05) is 20.0 Å². The van der Waals surface area contributed by atoms with E-state index in [1.54, 1.807) is 37.4 Å². The molecule has 0 N–H and O–H groups in total. The Morgan fingerprint density at radius 1 is 1.00 bits per heavy atom. The molecule has 4 rings (SSSR count). The number of thioether (sulfide) groups is 1. The minimum Gasteiger partial charge on any atom is -0.497 e. The first-order chi connectivity index (χ1) is 16.0. The first-order valence-electron chi connectivity index (χ1n) is 10.2. The fraction of sp³-hybridized carbons (Fsp3) is 0.160. The van der Waals surface area contributed by atoms with Gasteiger partial charge in [0, 0.05) is 5.56 Å². The van der Waals surface area contributed by atoms with Gasteiger partial charge in [-0.15, -0.1) is 10.2 Å². The topological polar surface area (TPSA) is 66.2 Å². The van der Waals surface area contributed by atoms with Crippen molar-refractivity contribution in [1.29, 1.82) is 0 Å². The molecule has 1 heterocycles. The Morgan fingerprint density at radius 3 is 2.45 bits per heavy atom. The van der Waals surface area contributed by atoms with Gasteiger partial charge in [-0.2, -0.15) is 0 Å². The molecule has 0 atom stereocenters. The summed E-state index contributed by atoms with van der Waals surface area (Å²) in [7, 11) is 3.07. The van der Waals surface area contributed by atoms with Gasteiger partial charge in [0.25, 0.3) is 0 Å². The highest BCUT2D eigenvalue weighted by Gasteiger charge is 2.20. The molecule has 0 fully saturated rings. The number of carbonyl (C=O) groups is 1. The molecule has 4 aromatic rings. The highest BCUT2D eigenvalue weighted by Crippen LogP contribution is 2.31. The number of aryl methyl sites for hydroxylation is 1. The van der Waals surface area contributed by atoms with Crippen LogP contribution in [0.4, 0.5) is 4.39 Å². The molecule has 3 aromatic carbocycles. The summed E-state index contributed by atoms with van der Waals surface area (Å²) >= 11 is 1.27. The Balaban J connectivity index is 1.70. The van der Waals surface area contributed by atoms with Crippen molar-refractivity contribution in [2.45, 2.75) is 12.1 Å². The van der Waals surface area contributed by atoms with Crippen molar-refractivity contribution in [3.63, 3.8) is 0 Å². The van der Waals surface area contributed by atoms with E-state index in [-0.39, 0.29) is 17.4 Å². The lowest BCUT2D eigenvalue weighted by Crippen LogP contribution is -2.07. The maximum atomic E-state index is 13.5. The molecule has 0 spiro atoms. The molecular formula is C25H22FN3O3S. The second-order valence-corrected chi connectivity index (χ2v) is 8.16. The second-order valence-electron chi connectivity index (χ2n) is 7.21. The van der Waals surface area contributed by atoms with E-state index in [1.807, 2.05) is 35.8 Å². The molecule has 6 nitrogen and oxygen atoms in total. The predicted molar refractivity (Wildman–Crippen MR) is 126 cm³/mol. The third-order valence-corrected chi connectivity index (χ3v) is 6.06. The van der Waals surface area contributed by atoms with Crippen molar-refractivity contribution in [3.8, 4) is 28.6 Å². The van der Waals surface area contributed by atoms with E-state index in [9.17, 15) is 9.18 Å². The summed E-state index contributed by atoms with van der Waals surface area (Å²) in [4.78, 5) is 13.0. The molecule has 168 valence electrons. The summed E-state index contributed by atoms with van der Waals surface area (Å²) in [5.74, 6) is 1.29. The molecule has 0 saturated carbocycles. The lowest BCUT2D eigenvalue weighted by molar-refractivity contribution is 0.101. The number of para-hydroxylation sites is 1. The number of ketones is 1. The largest absolute Gasteiger partial charge is 0.497 e. The van der Waals surface area contributed by atoms with Gasteiger partial charge in [-0.3, -0.25) is 9.36 Å². The maximum Gasteiger partial charge on any atom is 0.196 e. The van der Waals surface area contributed by atoms with Crippen LogP contribution in [0.5, 0.6) is 11.5 Å². The van der Waals surface area contributed by atoms with E-state index in [0.717, 1.165) is 16.8 Å². The van der Waals surface area contributed by atoms with E-state index < -0.39 is 0 Å². The monoisotopic (exact) mass is 463 g/mol. The number of rotatable bonds is 8. The van der Waals surface area contributed by atoms with Crippen LogP contribution in [0.2, 0.25) is 0 Å². The molecule has 0 aliphatic rings. The normalized spacial score (nSPS) is 10.8. The van der Waals surface area contributed by atoms with Gasteiger partial charge in [0.1, 0.15) is 17.3 Å². The molecule has 0 radical (unpaired) electrons. The van der Waals surface area contributed by atoms with E-state index in [4.69, 9.17) is 9.47 Å². The van der Waals surface area contributed by atoms with Crippen LogP contribution in [0.1, 0.15) is 15.9 Å². The molecule has 8 heteroatoms. The molecule has 0 amide bonds. The summed E-state index contributed by atoms with van der Waals surface area (Å²) in [5, 5.41) is 9.26. The Hall–Kier alpha value is -3.65. The van der Waals surface area contributed by atoms with Gasteiger partial charge in [0.05, 0.1) is 31.2 Å². The number of halogens is 1. The molecule has 0 unspecified atom stereocenters. The highest BCUT2D eigenvalue weighted by atomic mass is 32.2. The zero-order valence-corrected chi connectivity index (χ0v) is 19.2. The molecule has 0 aliphatic carbocycles. The first-order valence-corrected chi connectivity index (χ1v) is 11.2. The summed E-state index contributed by atoms with van der Waals surface area (Å²) in [6.45, 7) is 1.99. The summed E-state index contributed by atoms with van der Waals surface area (Å²) in [6.07, 6.45) is 0. The highest BCUT2D eigenvalue weighted by molar-refractivity contribution is 7.99. The third-order valence-electron chi connectivity index (χ3n) is 5.13. The number of aromatic nitrogens is 3. The number of carbonyl (C=O) groups excluding carboxylic acids is 1. The van der Waals surface area contributed by atoms with E-state index in [1.165, 1.54) is 31.0 Å². The fourth-order valence-corrected chi connectivity index (χ4v) is 4.25. The molecule has 33 heavy (non-hydrogen) atoms. The predicted octanol–water partition coefficient (Wildman–Crippen LogP) is 5.37. The van der Waals surface area contributed by atoms with Crippen LogP contribution >= 0.6 is 11.8 Å². The van der Waals surface area contributed by atoms with Crippen molar-refractivity contribution < 1.29 is 18.7 Å². The Morgan fingerprint density at radius 2 is 1.76 bits per heavy atom. The van der Waals surface area contributed by atoms with Crippen LogP contribution in [0.25, 0.3) is 17.1 Å². The summed E-state index contributed by atoms with van der Waals surface area (Å²) < 4.78 is 26.0. The maximum absolute atomic E-state index is 13.5. The molecular weight excluding hydrogens is 441 g/mol. The number of methoxy groups -OCH3 is 2. The number of ether oxygens (including phenoxy) is 2. The van der Waals surface area contributed by atoms with E-state index in [0.29, 0.717) is 28.0 Å². The number of Topliss-reactive ketones (excluding diaryl/α,β-unsaturated/α-hetero) is 1. The van der Waals surface area contributed by atoms with Gasteiger partial charge in [-0.05, 0) is 61.0 Å². The molecule has 0 saturated heterocycles. The van der Waals surface area contributed by atoms with E-state index >= 15 is 0 Å². The third kappa shape index (κ3) is 4.75. The lowest BCUT2D eigenvalue weighted by Gasteiger charge is -2.13. The van der Waals surface area contributed by atoms with E-state index in [2.05, 4.69) is 10.2 Å². The van der Waals surface area contributed by atoms with Crippen molar-refractivity contribution in [2.24, 2.45) is 0 Å². The Bertz CT molecular complexity index is 1290. The Kier molecular flexibility index (Phi) is 6.74. The average molecular weight is 464 g/mol.